The number of para-hydroxylation sites is 1. The highest BCUT2D eigenvalue weighted by Gasteiger charge is 2.15. The summed E-state index contributed by atoms with van der Waals surface area (Å²) in [6, 6.07) is 13.4. The van der Waals surface area contributed by atoms with Gasteiger partial charge in [-0.25, -0.2) is 0 Å². The fourth-order valence-corrected chi connectivity index (χ4v) is 2.58. The second-order valence-corrected chi connectivity index (χ2v) is 5.52. The van der Waals surface area contributed by atoms with Gasteiger partial charge in [-0.2, -0.15) is 0 Å². The predicted octanol–water partition coefficient (Wildman–Crippen LogP) is 3.43. The minimum absolute atomic E-state index is 0.0504. The number of amides is 1. The molecule has 0 saturated heterocycles. The topological polar surface area (TPSA) is 47.6 Å². The van der Waals surface area contributed by atoms with E-state index >= 15 is 0 Å². The number of aryl methyl sites for hydroxylation is 1. The minimum Gasteiger partial charge on any atom is -0.496 e. The van der Waals surface area contributed by atoms with Gasteiger partial charge < -0.3 is 14.8 Å². The van der Waals surface area contributed by atoms with Crippen LogP contribution in [0.3, 0.4) is 0 Å². The van der Waals surface area contributed by atoms with E-state index in [-0.39, 0.29) is 18.4 Å². The second kappa shape index (κ2) is 7.68. The Morgan fingerprint density at radius 2 is 1.78 bits per heavy atom. The lowest BCUT2D eigenvalue weighted by Gasteiger charge is -2.18. The molecule has 0 unspecified atom stereocenters. The third-order valence-corrected chi connectivity index (χ3v) is 3.77. The molecular formula is C19H23NO3. The Kier molecular flexibility index (Phi) is 5.63. The number of ether oxygens (including phenoxy) is 2. The van der Waals surface area contributed by atoms with Crippen molar-refractivity contribution in [3.63, 3.8) is 0 Å². The average Bonchev–Trinajstić information content (AvgIpc) is 2.55. The van der Waals surface area contributed by atoms with Crippen molar-refractivity contribution < 1.29 is 14.3 Å². The van der Waals surface area contributed by atoms with Crippen LogP contribution in [-0.4, -0.2) is 20.1 Å². The van der Waals surface area contributed by atoms with Crippen LogP contribution < -0.4 is 14.8 Å². The highest BCUT2D eigenvalue weighted by atomic mass is 16.5. The van der Waals surface area contributed by atoms with Crippen molar-refractivity contribution in [2.75, 3.05) is 14.2 Å². The number of rotatable bonds is 6. The van der Waals surface area contributed by atoms with Crippen molar-refractivity contribution in [1.82, 2.24) is 5.32 Å². The summed E-state index contributed by atoms with van der Waals surface area (Å²) in [5.74, 6) is 1.45. The van der Waals surface area contributed by atoms with Crippen LogP contribution in [-0.2, 0) is 11.2 Å². The van der Waals surface area contributed by atoms with E-state index < -0.39 is 0 Å². The SMILES string of the molecule is COc1ccccc1CC(=O)N[C@@H](C)c1cc(C)ccc1OC. The van der Waals surface area contributed by atoms with Gasteiger partial charge in [0.25, 0.3) is 0 Å². The van der Waals surface area contributed by atoms with Gasteiger partial charge in [-0.1, -0.05) is 35.9 Å². The molecule has 1 N–H and O–H groups in total. The number of carbonyl (C=O) groups excluding carboxylic acids is 1. The molecule has 0 aliphatic rings. The lowest BCUT2D eigenvalue weighted by Crippen LogP contribution is -2.28. The first-order valence-corrected chi connectivity index (χ1v) is 7.61. The molecule has 2 aromatic rings. The lowest BCUT2D eigenvalue weighted by molar-refractivity contribution is -0.121. The molecule has 4 nitrogen and oxygen atoms in total. The summed E-state index contributed by atoms with van der Waals surface area (Å²) < 4.78 is 10.7. The van der Waals surface area contributed by atoms with E-state index in [9.17, 15) is 4.79 Å². The van der Waals surface area contributed by atoms with Gasteiger partial charge in [0.1, 0.15) is 11.5 Å². The highest BCUT2D eigenvalue weighted by Crippen LogP contribution is 2.26. The van der Waals surface area contributed by atoms with Gasteiger partial charge in [0.2, 0.25) is 5.91 Å². The van der Waals surface area contributed by atoms with Gasteiger partial charge in [0, 0.05) is 11.1 Å². The highest BCUT2D eigenvalue weighted by molar-refractivity contribution is 5.79. The molecule has 0 bridgehead atoms. The Balaban J connectivity index is 2.09. The molecule has 0 aromatic heterocycles. The average molecular weight is 313 g/mol. The molecule has 0 aliphatic heterocycles. The zero-order chi connectivity index (χ0) is 16.8. The normalized spacial score (nSPS) is 11.7. The molecule has 0 heterocycles. The number of hydrogen-bond donors (Lipinski definition) is 1. The molecule has 2 rings (SSSR count). The zero-order valence-corrected chi connectivity index (χ0v) is 14.1. The van der Waals surface area contributed by atoms with Crippen LogP contribution in [0.15, 0.2) is 42.5 Å². The van der Waals surface area contributed by atoms with Crippen LogP contribution in [0.2, 0.25) is 0 Å². The van der Waals surface area contributed by atoms with Crippen molar-refractivity contribution in [3.05, 3.63) is 59.2 Å². The Hall–Kier alpha value is -2.49. The number of benzene rings is 2. The molecule has 0 fully saturated rings. The second-order valence-electron chi connectivity index (χ2n) is 5.52. The van der Waals surface area contributed by atoms with Gasteiger partial charge in [-0.05, 0) is 26.0 Å². The van der Waals surface area contributed by atoms with Crippen LogP contribution in [0.5, 0.6) is 11.5 Å². The smallest absolute Gasteiger partial charge is 0.225 e. The maximum absolute atomic E-state index is 12.3. The summed E-state index contributed by atoms with van der Waals surface area (Å²) in [5.41, 5.74) is 2.98. The zero-order valence-electron chi connectivity index (χ0n) is 14.1. The molecule has 2 aromatic carbocycles. The summed E-state index contributed by atoms with van der Waals surface area (Å²) in [6.45, 7) is 3.98. The Morgan fingerprint density at radius 1 is 1.09 bits per heavy atom. The number of methoxy groups -OCH3 is 2. The largest absolute Gasteiger partial charge is 0.496 e. The fourth-order valence-electron chi connectivity index (χ4n) is 2.58. The quantitative estimate of drug-likeness (QED) is 0.889. The monoisotopic (exact) mass is 313 g/mol. The molecular weight excluding hydrogens is 290 g/mol. The first kappa shape index (κ1) is 16.9. The first-order valence-electron chi connectivity index (χ1n) is 7.61. The molecule has 0 spiro atoms. The van der Waals surface area contributed by atoms with E-state index in [4.69, 9.17) is 9.47 Å². The molecule has 122 valence electrons. The van der Waals surface area contributed by atoms with Crippen molar-refractivity contribution in [2.24, 2.45) is 0 Å². The minimum atomic E-state index is -0.132. The Bertz CT molecular complexity index is 682. The van der Waals surface area contributed by atoms with E-state index in [0.29, 0.717) is 0 Å². The van der Waals surface area contributed by atoms with Gasteiger partial charge >= 0.3 is 0 Å². The van der Waals surface area contributed by atoms with Crippen molar-refractivity contribution >= 4 is 5.91 Å². The standard InChI is InChI=1S/C19H23NO3/c1-13-9-10-18(23-4)16(11-13)14(2)20-19(21)12-15-7-5-6-8-17(15)22-3/h5-11,14H,12H2,1-4H3,(H,20,21)/t14-/m0/s1. The first-order chi connectivity index (χ1) is 11.0. The van der Waals surface area contributed by atoms with Crippen molar-refractivity contribution in [3.8, 4) is 11.5 Å². The summed E-state index contributed by atoms with van der Waals surface area (Å²) in [7, 11) is 3.24. The molecule has 0 saturated carbocycles. The van der Waals surface area contributed by atoms with Crippen LogP contribution in [0.25, 0.3) is 0 Å². The predicted molar refractivity (Wildman–Crippen MR) is 91.0 cm³/mol. The molecule has 4 heteroatoms. The number of hydrogen-bond acceptors (Lipinski definition) is 3. The van der Waals surface area contributed by atoms with E-state index in [1.807, 2.05) is 56.3 Å². The van der Waals surface area contributed by atoms with E-state index in [1.165, 1.54) is 0 Å². The van der Waals surface area contributed by atoms with Crippen LogP contribution in [0.1, 0.15) is 29.7 Å². The lowest BCUT2D eigenvalue weighted by atomic mass is 10.0. The van der Waals surface area contributed by atoms with Gasteiger partial charge in [-0.15, -0.1) is 0 Å². The Morgan fingerprint density at radius 3 is 2.48 bits per heavy atom. The molecule has 0 aliphatic carbocycles. The van der Waals surface area contributed by atoms with Crippen LogP contribution >= 0.6 is 0 Å². The van der Waals surface area contributed by atoms with Gasteiger partial charge in [0.05, 0.1) is 26.7 Å². The molecule has 1 atom stereocenters. The number of carbonyl (C=O) groups is 1. The maximum atomic E-state index is 12.3. The van der Waals surface area contributed by atoms with Crippen LogP contribution in [0, 0.1) is 6.92 Å². The third kappa shape index (κ3) is 4.25. The molecule has 1 amide bonds. The fraction of sp³-hybridized carbons (Fsp3) is 0.316. The summed E-state index contributed by atoms with van der Waals surface area (Å²) in [5, 5.41) is 3.02. The van der Waals surface area contributed by atoms with Crippen molar-refractivity contribution in [1.29, 1.82) is 0 Å². The maximum Gasteiger partial charge on any atom is 0.225 e. The summed E-state index contributed by atoms with van der Waals surface area (Å²) in [4.78, 5) is 12.3. The molecule has 23 heavy (non-hydrogen) atoms. The van der Waals surface area contributed by atoms with Gasteiger partial charge in [-0.3, -0.25) is 4.79 Å². The van der Waals surface area contributed by atoms with Crippen LogP contribution in [0.4, 0.5) is 0 Å². The van der Waals surface area contributed by atoms with Crippen molar-refractivity contribution in [2.45, 2.75) is 26.3 Å². The molecule has 0 radical (unpaired) electrons. The summed E-state index contributed by atoms with van der Waals surface area (Å²) >= 11 is 0. The number of nitrogens with one attached hydrogen (secondary N) is 1. The van der Waals surface area contributed by atoms with E-state index in [1.54, 1.807) is 14.2 Å². The van der Waals surface area contributed by atoms with Gasteiger partial charge in [0.15, 0.2) is 0 Å². The Labute approximate surface area is 137 Å². The third-order valence-electron chi connectivity index (χ3n) is 3.77. The summed E-state index contributed by atoms with van der Waals surface area (Å²) in [6.07, 6.45) is 0.280. The van der Waals surface area contributed by atoms with E-state index in [0.717, 1.165) is 28.2 Å². The van der Waals surface area contributed by atoms with E-state index in [2.05, 4.69) is 5.32 Å².